The van der Waals surface area contributed by atoms with Crippen molar-refractivity contribution in [1.29, 1.82) is 0 Å². The molecule has 0 bridgehead atoms. The van der Waals surface area contributed by atoms with Gasteiger partial charge in [0.1, 0.15) is 0 Å². The van der Waals surface area contributed by atoms with Crippen molar-refractivity contribution in [2.75, 3.05) is 7.11 Å². The minimum atomic E-state index is -0.167. The Morgan fingerprint density at radius 3 is 1.23 bits per heavy atom. The van der Waals surface area contributed by atoms with Crippen molar-refractivity contribution >= 4 is 0 Å². The summed E-state index contributed by atoms with van der Waals surface area (Å²) in [6.07, 6.45) is 6.84. The lowest BCUT2D eigenvalue weighted by Crippen LogP contribution is -1.85. The fourth-order valence-electron chi connectivity index (χ4n) is 0.677. The van der Waals surface area contributed by atoms with Crippen LogP contribution in [0.5, 0.6) is 0 Å². The lowest BCUT2D eigenvalue weighted by Gasteiger charge is -1.90. The van der Waals surface area contributed by atoms with E-state index in [0.717, 1.165) is 7.11 Å². The molecule has 13 heavy (non-hydrogen) atoms. The maximum atomic E-state index is 8.06. The normalized spacial score (nSPS) is 8.31. The van der Waals surface area contributed by atoms with Gasteiger partial charge >= 0.3 is 0 Å². The van der Waals surface area contributed by atoms with Crippen LogP contribution in [0.25, 0.3) is 0 Å². The third-order valence-corrected chi connectivity index (χ3v) is 1.21. The van der Waals surface area contributed by atoms with Crippen molar-refractivity contribution in [2.45, 2.75) is 65.9 Å². The first-order chi connectivity index (χ1) is 6.15. The van der Waals surface area contributed by atoms with E-state index in [1.54, 1.807) is 13.8 Å². The maximum absolute atomic E-state index is 8.06. The largest absolute Gasteiger partial charge is 0.400 e. The van der Waals surface area contributed by atoms with Gasteiger partial charge in [0.25, 0.3) is 0 Å². The molecule has 0 aliphatic carbocycles. The molecule has 0 unspecified atom stereocenters. The van der Waals surface area contributed by atoms with Gasteiger partial charge in [-0.3, -0.25) is 0 Å². The van der Waals surface area contributed by atoms with Crippen LogP contribution in [-0.4, -0.2) is 23.4 Å². The molecule has 0 atom stereocenters. The van der Waals surface area contributed by atoms with E-state index in [1.807, 2.05) is 0 Å². The van der Waals surface area contributed by atoms with E-state index in [2.05, 4.69) is 13.8 Å². The van der Waals surface area contributed by atoms with Gasteiger partial charge in [0.2, 0.25) is 0 Å². The van der Waals surface area contributed by atoms with Gasteiger partial charge in [0.05, 0.1) is 0 Å². The van der Waals surface area contributed by atoms with Crippen molar-refractivity contribution in [1.82, 2.24) is 0 Å². The third-order valence-electron chi connectivity index (χ3n) is 1.21. The maximum Gasteiger partial charge on any atom is 0.0483 e. The van der Waals surface area contributed by atoms with E-state index in [9.17, 15) is 0 Å². The van der Waals surface area contributed by atoms with E-state index in [-0.39, 0.29) is 6.10 Å². The highest BCUT2D eigenvalue weighted by Gasteiger charge is 1.80. The smallest absolute Gasteiger partial charge is 0.0483 e. The highest BCUT2D eigenvalue weighted by molar-refractivity contribution is 4.35. The standard InChI is InChI=1S/C7H16.C3H8O.CH4O/c1-3-5-7-6-4-2;1-3(2)4;1-2/h3-7H2,1-2H3;3-4H,1-2H3;2H,1H3. The van der Waals surface area contributed by atoms with Gasteiger partial charge < -0.3 is 10.2 Å². The fourth-order valence-corrected chi connectivity index (χ4v) is 0.677. The van der Waals surface area contributed by atoms with Crippen LogP contribution >= 0.6 is 0 Å². The first-order valence-electron chi connectivity index (χ1n) is 5.27. The van der Waals surface area contributed by atoms with Crippen LogP contribution in [0.3, 0.4) is 0 Å². The number of rotatable bonds is 4. The fraction of sp³-hybridized carbons (Fsp3) is 1.00. The second kappa shape index (κ2) is 22.7. The summed E-state index contributed by atoms with van der Waals surface area (Å²) in [5, 5.41) is 15.1. The van der Waals surface area contributed by atoms with Crippen molar-refractivity contribution in [2.24, 2.45) is 0 Å². The number of aliphatic hydroxyl groups is 2. The van der Waals surface area contributed by atoms with Crippen LogP contribution in [0.1, 0.15) is 59.8 Å². The molecule has 0 aliphatic heterocycles. The molecule has 2 nitrogen and oxygen atoms in total. The van der Waals surface area contributed by atoms with E-state index in [0.29, 0.717) is 0 Å². The summed E-state index contributed by atoms with van der Waals surface area (Å²) in [6, 6.07) is 0. The second-order valence-electron chi connectivity index (χ2n) is 3.15. The van der Waals surface area contributed by atoms with Crippen LogP contribution in [0.4, 0.5) is 0 Å². The molecule has 0 aromatic carbocycles. The molecule has 0 rings (SSSR count). The Labute approximate surface area is 84.0 Å². The average Bonchev–Trinajstić information content (AvgIpc) is 2.08. The second-order valence-corrected chi connectivity index (χ2v) is 3.15. The zero-order valence-electron chi connectivity index (χ0n) is 10.0. The van der Waals surface area contributed by atoms with E-state index in [4.69, 9.17) is 10.2 Å². The Balaban J connectivity index is -0.000000142. The van der Waals surface area contributed by atoms with Crippen LogP contribution in [0.2, 0.25) is 0 Å². The number of hydrogen-bond acceptors (Lipinski definition) is 2. The Kier molecular flexibility index (Phi) is 32.5. The van der Waals surface area contributed by atoms with Crippen LogP contribution in [0, 0.1) is 0 Å². The predicted octanol–water partition coefficient (Wildman–Crippen LogP) is 2.97. The molecule has 0 amide bonds. The quantitative estimate of drug-likeness (QED) is 0.672. The topological polar surface area (TPSA) is 40.5 Å². The molecule has 0 saturated carbocycles. The minimum Gasteiger partial charge on any atom is -0.400 e. The van der Waals surface area contributed by atoms with E-state index >= 15 is 0 Å². The molecule has 0 fully saturated rings. The summed E-state index contributed by atoms with van der Waals surface area (Å²) in [5.41, 5.74) is 0. The predicted molar refractivity (Wildman–Crippen MR) is 59.9 cm³/mol. The third kappa shape index (κ3) is 76.3. The van der Waals surface area contributed by atoms with Gasteiger partial charge in [0, 0.05) is 13.2 Å². The lowest BCUT2D eigenvalue weighted by atomic mass is 10.2. The SMILES string of the molecule is CC(C)O.CCCCCCC.CO. The molecule has 2 N–H and O–H groups in total. The summed E-state index contributed by atoms with van der Waals surface area (Å²) in [7, 11) is 1.00. The summed E-state index contributed by atoms with van der Waals surface area (Å²) in [4.78, 5) is 0. The molecule has 0 radical (unpaired) electrons. The highest BCUT2D eigenvalue weighted by Crippen LogP contribution is 2.00. The molecule has 0 saturated heterocycles. The van der Waals surface area contributed by atoms with Gasteiger partial charge in [-0.2, -0.15) is 0 Å². The first-order valence-corrected chi connectivity index (χ1v) is 5.27. The van der Waals surface area contributed by atoms with Crippen molar-refractivity contribution < 1.29 is 10.2 Å². The molecule has 0 spiro atoms. The molecular formula is C11H28O2. The summed E-state index contributed by atoms with van der Waals surface area (Å²) in [6.45, 7) is 7.94. The molecular weight excluding hydrogens is 164 g/mol. The Morgan fingerprint density at radius 1 is 0.846 bits per heavy atom. The van der Waals surface area contributed by atoms with Gasteiger partial charge in [-0.1, -0.05) is 46.0 Å². The first kappa shape index (κ1) is 18.7. The lowest BCUT2D eigenvalue weighted by molar-refractivity contribution is 0.216. The highest BCUT2D eigenvalue weighted by atomic mass is 16.3. The molecule has 0 aromatic rings. The van der Waals surface area contributed by atoms with Crippen molar-refractivity contribution in [3.63, 3.8) is 0 Å². The van der Waals surface area contributed by atoms with Gasteiger partial charge in [0.15, 0.2) is 0 Å². The molecule has 84 valence electrons. The van der Waals surface area contributed by atoms with Gasteiger partial charge in [-0.15, -0.1) is 0 Å². The summed E-state index contributed by atoms with van der Waals surface area (Å²) >= 11 is 0. The number of hydrogen-bond donors (Lipinski definition) is 2. The summed E-state index contributed by atoms with van der Waals surface area (Å²) in [5.74, 6) is 0. The molecule has 2 heteroatoms. The van der Waals surface area contributed by atoms with Gasteiger partial charge in [-0.05, 0) is 13.8 Å². The average molecular weight is 192 g/mol. The van der Waals surface area contributed by atoms with E-state index < -0.39 is 0 Å². The zero-order valence-corrected chi connectivity index (χ0v) is 10.0. The molecule has 0 heterocycles. The van der Waals surface area contributed by atoms with Crippen molar-refractivity contribution in [3.05, 3.63) is 0 Å². The monoisotopic (exact) mass is 192 g/mol. The Hall–Kier alpha value is -0.0800. The molecule has 0 aliphatic rings. The molecule has 0 aromatic heterocycles. The number of unbranched alkanes of at least 4 members (excludes halogenated alkanes) is 4. The minimum absolute atomic E-state index is 0.167. The summed E-state index contributed by atoms with van der Waals surface area (Å²) < 4.78 is 0. The van der Waals surface area contributed by atoms with Crippen LogP contribution < -0.4 is 0 Å². The van der Waals surface area contributed by atoms with Gasteiger partial charge in [-0.25, -0.2) is 0 Å². The Morgan fingerprint density at radius 2 is 1.08 bits per heavy atom. The zero-order chi connectivity index (χ0) is 11.1. The van der Waals surface area contributed by atoms with E-state index in [1.165, 1.54) is 32.1 Å². The van der Waals surface area contributed by atoms with Crippen LogP contribution in [0.15, 0.2) is 0 Å². The van der Waals surface area contributed by atoms with Crippen molar-refractivity contribution in [3.8, 4) is 0 Å². The Bertz CT molecular complexity index is 47.3. The number of aliphatic hydroxyl groups excluding tert-OH is 2. The van der Waals surface area contributed by atoms with Crippen LogP contribution in [-0.2, 0) is 0 Å².